The molecule has 7 heteroatoms. The molecule has 0 saturated carbocycles. The maximum Gasteiger partial charge on any atom is 0.243 e. The third-order valence-electron chi connectivity index (χ3n) is 3.64. The zero-order valence-electron chi connectivity index (χ0n) is 11.2. The van der Waals surface area contributed by atoms with Gasteiger partial charge < -0.3 is 5.73 Å². The quantitative estimate of drug-likeness (QED) is 0.929. The van der Waals surface area contributed by atoms with Crippen molar-refractivity contribution in [2.45, 2.75) is 30.7 Å². The van der Waals surface area contributed by atoms with E-state index in [1.165, 1.54) is 10.4 Å². The Morgan fingerprint density at radius 2 is 2.15 bits per heavy atom. The molecule has 1 aliphatic rings. The molecule has 0 bridgehead atoms. The van der Waals surface area contributed by atoms with E-state index in [9.17, 15) is 12.8 Å². The molecule has 112 valence electrons. The number of hydrogen-bond donors (Lipinski definition) is 1. The second kappa shape index (κ2) is 5.97. The summed E-state index contributed by atoms with van der Waals surface area (Å²) in [6.45, 7) is 2.67. The van der Waals surface area contributed by atoms with Gasteiger partial charge in [-0.25, -0.2) is 12.8 Å². The van der Waals surface area contributed by atoms with Crippen LogP contribution in [0.5, 0.6) is 0 Å². The Kier molecular flexibility index (Phi) is 4.69. The van der Waals surface area contributed by atoms with Crippen molar-refractivity contribution in [3.63, 3.8) is 0 Å². The number of hydrogen-bond acceptors (Lipinski definition) is 3. The van der Waals surface area contributed by atoms with Crippen molar-refractivity contribution in [2.75, 3.05) is 13.1 Å². The minimum atomic E-state index is -3.72. The van der Waals surface area contributed by atoms with Gasteiger partial charge in [0.05, 0.1) is 4.90 Å². The largest absolute Gasteiger partial charge is 0.328 e. The van der Waals surface area contributed by atoms with Gasteiger partial charge in [0.25, 0.3) is 0 Å². The SMILES string of the molecule is CC(N)C1CCCN(S(=O)(=O)c2cc(F)cc(Cl)c2)C1. The fraction of sp³-hybridized carbons (Fsp3) is 0.538. The number of halogens is 2. The predicted octanol–water partition coefficient (Wildman–Crippen LogP) is 2.23. The third kappa shape index (κ3) is 3.31. The highest BCUT2D eigenvalue weighted by Crippen LogP contribution is 2.27. The summed E-state index contributed by atoms with van der Waals surface area (Å²) in [5.74, 6) is -0.528. The zero-order valence-corrected chi connectivity index (χ0v) is 12.8. The Morgan fingerprint density at radius 1 is 1.45 bits per heavy atom. The molecule has 4 nitrogen and oxygen atoms in total. The van der Waals surface area contributed by atoms with E-state index in [0.29, 0.717) is 13.1 Å². The highest BCUT2D eigenvalue weighted by Gasteiger charge is 2.31. The molecule has 0 aromatic heterocycles. The minimum absolute atomic E-state index is 0.0657. The van der Waals surface area contributed by atoms with Gasteiger partial charge in [-0.3, -0.25) is 0 Å². The summed E-state index contributed by atoms with van der Waals surface area (Å²) in [5.41, 5.74) is 5.86. The van der Waals surface area contributed by atoms with Crippen LogP contribution in [-0.4, -0.2) is 31.9 Å². The smallest absolute Gasteiger partial charge is 0.243 e. The monoisotopic (exact) mass is 320 g/mol. The van der Waals surface area contributed by atoms with Gasteiger partial charge in [0.15, 0.2) is 0 Å². The van der Waals surface area contributed by atoms with Crippen LogP contribution in [0.2, 0.25) is 5.02 Å². The first-order chi connectivity index (χ1) is 9.30. The average molecular weight is 321 g/mol. The average Bonchev–Trinajstić information content (AvgIpc) is 2.37. The summed E-state index contributed by atoms with van der Waals surface area (Å²) in [4.78, 5) is -0.104. The number of piperidine rings is 1. The molecule has 20 heavy (non-hydrogen) atoms. The molecule has 2 unspecified atom stereocenters. The summed E-state index contributed by atoms with van der Waals surface area (Å²) in [7, 11) is -3.72. The second-order valence-electron chi connectivity index (χ2n) is 5.23. The molecule has 1 heterocycles. The molecular weight excluding hydrogens is 303 g/mol. The number of nitrogens with zero attached hydrogens (tertiary/aromatic N) is 1. The van der Waals surface area contributed by atoms with Gasteiger partial charge in [0.1, 0.15) is 5.82 Å². The van der Waals surface area contributed by atoms with E-state index in [-0.39, 0.29) is 21.9 Å². The normalized spacial score (nSPS) is 22.7. The second-order valence-corrected chi connectivity index (χ2v) is 7.60. The fourth-order valence-electron chi connectivity index (χ4n) is 2.45. The van der Waals surface area contributed by atoms with Crippen LogP contribution in [0.1, 0.15) is 19.8 Å². The van der Waals surface area contributed by atoms with Crippen molar-refractivity contribution in [1.82, 2.24) is 4.31 Å². The topological polar surface area (TPSA) is 63.4 Å². The van der Waals surface area contributed by atoms with Crippen LogP contribution in [0.3, 0.4) is 0 Å². The van der Waals surface area contributed by atoms with Crippen LogP contribution >= 0.6 is 11.6 Å². The van der Waals surface area contributed by atoms with Crippen molar-refractivity contribution in [1.29, 1.82) is 0 Å². The van der Waals surface area contributed by atoms with Gasteiger partial charge in [0.2, 0.25) is 10.0 Å². The van der Waals surface area contributed by atoms with Crippen LogP contribution in [0.4, 0.5) is 4.39 Å². The summed E-state index contributed by atoms with van der Waals surface area (Å²) < 4.78 is 39.8. The van der Waals surface area contributed by atoms with Gasteiger partial charge in [-0.1, -0.05) is 11.6 Å². The van der Waals surface area contributed by atoms with Crippen molar-refractivity contribution in [3.05, 3.63) is 29.0 Å². The summed E-state index contributed by atoms with van der Waals surface area (Å²) >= 11 is 5.73. The van der Waals surface area contributed by atoms with Crippen molar-refractivity contribution in [3.8, 4) is 0 Å². The number of rotatable bonds is 3. The van der Waals surface area contributed by atoms with Gasteiger partial charge in [-0.05, 0) is 43.9 Å². The van der Waals surface area contributed by atoms with Gasteiger partial charge >= 0.3 is 0 Å². The third-order valence-corrected chi connectivity index (χ3v) is 5.70. The lowest BCUT2D eigenvalue weighted by Crippen LogP contribution is -2.44. The Balaban J connectivity index is 2.30. The molecule has 1 aromatic rings. The maximum absolute atomic E-state index is 13.3. The van der Waals surface area contributed by atoms with E-state index < -0.39 is 15.8 Å². The number of sulfonamides is 1. The molecule has 2 rings (SSSR count). The highest BCUT2D eigenvalue weighted by molar-refractivity contribution is 7.89. The van der Waals surface area contributed by atoms with E-state index in [4.69, 9.17) is 17.3 Å². The molecule has 2 N–H and O–H groups in total. The molecule has 0 amide bonds. The maximum atomic E-state index is 13.3. The van der Waals surface area contributed by atoms with Gasteiger partial charge in [-0.15, -0.1) is 0 Å². The van der Waals surface area contributed by atoms with Crippen LogP contribution in [0, 0.1) is 11.7 Å². The molecule has 1 saturated heterocycles. The van der Waals surface area contributed by atoms with Crippen LogP contribution < -0.4 is 5.73 Å². The summed E-state index contributed by atoms with van der Waals surface area (Å²) in [6, 6.07) is 3.29. The van der Waals surface area contributed by atoms with Crippen LogP contribution in [-0.2, 0) is 10.0 Å². The first kappa shape index (κ1) is 15.7. The standard InChI is InChI=1S/C13H18ClFN2O2S/c1-9(16)10-3-2-4-17(8-10)20(18,19)13-6-11(14)5-12(15)7-13/h5-7,9-10H,2-4,8,16H2,1H3. The molecule has 0 aliphatic carbocycles. The Morgan fingerprint density at radius 3 is 2.75 bits per heavy atom. The fourth-order valence-corrected chi connectivity index (χ4v) is 4.33. The lowest BCUT2D eigenvalue weighted by Gasteiger charge is -2.33. The van der Waals surface area contributed by atoms with Crippen LogP contribution in [0.25, 0.3) is 0 Å². The molecule has 1 aliphatic heterocycles. The van der Waals surface area contributed by atoms with Crippen LogP contribution in [0.15, 0.2) is 23.1 Å². The minimum Gasteiger partial charge on any atom is -0.328 e. The first-order valence-electron chi connectivity index (χ1n) is 6.52. The van der Waals surface area contributed by atoms with E-state index in [0.717, 1.165) is 25.0 Å². The highest BCUT2D eigenvalue weighted by atomic mass is 35.5. The van der Waals surface area contributed by atoms with Crippen molar-refractivity contribution < 1.29 is 12.8 Å². The summed E-state index contributed by atoms with van der Waals surface area (Å²) in [6.07, 6.45) is 1.67. The Labute approximate surface area is 123 Å². The summed E-state index contributed by atoms with van der Waals surface area (Å²) in [5, 5.41) is 0.0735. The Bertz CT molecular complexity index is 572. The molecule has 1 aromatic carbocycles. The van der Waals surface area contributed by atoms with E-state index in [1.54, 1.807) is 0 Å². The number of nitrogens with two attached hydrogens (primary N) is 1. The first-order valence-corrected chi connectivity index (χ1v) is 8.34. The van der Waals surface area contributed by atoms with E-state index >= 15 is 0 Å². The van der Waals surface area contributed by atoms with Crippen molar-refractivity contribution >= 4 is 21.6 Å². The molecule has 1 fully saturated rings. The predicted molar refractivity (Wildman–Crippen MR) is 76.5 cm³/mol. The van der Waals surface area contributed by atoms with E-state index in [2.05, 4.69) is 0 Å². The Hall–Kier alpha value is -0.690. The molecule has 0 radical (unpaired) electrons. The lowest BCUT2D eigenvalue weighted by molar-refractivity contribution is 0.243. The number of benzene rings is 1. The van der Waals surface area contributed by atoms with Crippen molar-refractivity contribution in [2.24, 2.45) is 11.7 Å². The lowest BCUT2D eigenvalue weighted by atomic mass is 9.93. The zero-order chi connectivity index (χ0) is 14.9. The van der Waals surface area contributed by atoms with Gasteiger partial charge in [-0.2, -0.15) is 4.31 Å². The molecule has 0 spiro atoms. The molecular formula is C13H18ClFN2O2S. The van der Waals surface area contributed by atoms with E-state index in [1.807, 2.05) is 6.92 Å². The molecule has 2 atom stereocenters. The van der Waals surface area contributed by atoms with Gasteiger partial charge in [0, 0.05) is 24.2 Å².